The number of hydrogen-bond donors (Lipinski definition) is 1. The fourth-order valence-electron chi connectivity index (χ4n) is 2.40. The molecule has 0 saturated heterocycles. The Balaban J connectivity index is 2.80. The van der Waals surface area contributed by atoms with Crippen LogP contribution in [-0.4, -0.2) is 28.9 Å². The molecule has 0 aliphatic rings. The molecule has 1 aromatic carbocycles. The van der Waals surface area contributed by atoms with E-state index in [0.717, 1.165) is 3.57 Å². The fourth-order valence-corrected chi connectivity index (χ4v) is 2.89. The number of halogens is 1. The summed E-state index contributed by atoms with van der Waals surface area (Å²) in [4.78, 5) is 24.6. The molecule has 118 valence electrons. The van der Waals surface area contributed by atoms with Crippen molar-refractivity contribution in [2.75, 3.05) is 13.2 Å². The van der Waals surface area contributed by atoms with Crippen LogP contribution in [0.1, 0.15) is 36.7 Å². The number of rotatable bonds is 5. The second-order valence-corrected chi connectivity index (χ2v) is 6.15. The zero-order valence-corrected chi connectivity index (χ0v) is 14.7. The van der Waals surface area contributed by atoms with E-state index in [1.54, 1.807) is 17.6 Å². The van der Waals surface area contributed by atoms with Crippen LogP contribution >= 0.6 is 22.6 Å². The van der Waals surface area contributed by atoms with E-state index in [9.17, 15) is 14.7 Å². The van der Waals surface area contributed by atoms with Crippen LogP contribution in [0.4, 0.5) is 0 Å². The molecule has 0 amide bonds. The minimum absolute atomic E-state index is 0.00301. The Labute approximate surface area is 142 Å². The highest BCUT2D eigenvalue weighted by molar-refractivity contribution is 14.1. The third kappa shape index (κ3) is 3.17. The lowest BCUT2D eigenvalue weighted by molar-refractivity contribution is 0.0523. The summed E-state index contributed by atoms with van der Waals surface area (Å²) in [7, 11) is 0. The van der Waals surface area contributed by atoms with E-state index in [4.69, 9.17) is 4.74 Å². The molecule has 1 N–H and O–H groups in total. The van der Waals surface area contributed by atoms with Gasteiger partial charge in [-0.15, -0.1) is 0 Å². The first-order valence-electron chi connectivity index (χ1n) is 7.15. The van der Waals surface area contributed by atoms with E-state index in [-0.39, 0.29) is 30.2 Å². The second kappa shape index (κ2) is 7.23. The Morgan fingerprint density at radius 2 is 2.14 bits per heavy atom. The molecule has 0 radical (unpaired) electrons. The van der Waals surface area contributed by atoms with Gasteiger partial charge in [-0.1, -0.05) is 6.92 Å². The van der Waals surface area contributed by atoms with Crippen molar-refractivity contribution in [1.82, 2.24) is 4.57 Å². The summed E-state index contributed by atoms with van der Waals surface area (Å²) in [6.45, 7) is 3.78. The van der Waals surface area contributed by atoms with Crippen molar-refractivity contribution in [1.29, 1.82) is 0 Å². The molecule has 0 aliphatic carbocycles. The average molecular weight is 415 g/mol. The van der Waals surface area contributed by atoms with Crippen LogP contribution in [0.5, 0.6) is 0 Å². The van der Waals surface area contributed by atoms with Gasteiger partial charge in [0.1, 0.15) is 5.56 Å². The zero-order valence-electron chi connectivity index (χ0n) is 12.5. The van der Waals surface area contributed by atoms with Crippen molar-refractivity contribution >= 4 is 39.5 Å². The lowest BCUT2D eigenvalue weighted by Crippen LogP contribution is -2.23. The summed E-state index contributed by atoms with van der Waals surface area (Å²) in [5, 5.41) is 10.0. The predicted molar refractivity (Wildman–Crippen MR) is 93.3 cm³/mol. The lowest BCUT2D eigenvalue weighted by Gasteiger charge is -2.20. The molecule has 6 heteroatoms. The molecule has 2 aromatic rings. The van der Waals surface area contributed by atoms with Crippen LogP contribution in [0, 0.1) is 3.57 Å². The van der Waals surface area contributed by atoms with Gasteiger partial charge in [0.15, 0.2) is 0 Å². The summed E-state index contributed by atoms with van der Waals surface area (Å²) >= 11 is 2.12. The summed E-state index contributed by atoms with van der Waals surface area (Å²) in [5.74, 6) is -0.630. The van der Waals surface area contributed by atoms with Crippen molar-refractivity contribution in [3.63, 3.8) is 0 Å². The molecule has 0 spiro atoms. The summed E-state index contributed by atoms with van der Waals surface area (Å²) < 4.78 is 7.67. The third-order valence-corrected chi connectivity index (χ3v) is 4.24. The normalized spacial score (nSPS) is 12.4. The number of aliphatic hydroxyl groups is 1. The molecule has 0 bridgehead atoms. The highest BCUT2D eigenvalue weighted by Gasteiger charge is 2.19. The van der Waals surface area contributed by atoms with Gasteiger partial charge >= 0.3 is 5.97 Å². The number of hydrogen-bond acceptors (Lipinski definition) is 4. The number of fused-ring (bicyclic) bond motifs is 1. The topological polar surface area (TPSA) is 68.5 Å². The SMILES string of the molecule is CCOC(=O)c1cn([C@H](CC)CO)c2ccc(I)cc2c1=O. The molecule has 0 aliphatic heterocycles. The smallest absolute Gasteiger partial charge is 0.343 e. The first kappa shape index (κ1) is 17.0. The van der Waals surface area contributed by atoms with Gasteiger partial charge < -0.3 is 14.4 Å². The maximum Gasteiger partial charge on any atom is 0.343 e. The van der Waals surface area contributed by atoms with E-state index in [1.165, 1.54) is 6.20 Å². The van der Waals surface area contributed by atoms with Gasteiger partial charge in [0, 0.05) is 15.2 Å². The fraction of sp³-hybridized carbons (Fsp3) is 0.375. The van der Waals surface area contributed by atoms with Gasteiger partial charge in [-0.3, -0.25) is 4.79 Å². The summed E-state index contributed by atoms with van der Waals surface area (Å²) in [6.07, 6.45) is 2.18. The molecule has 5 nitrogen and oxygen atoms in total. The van der Waals surface area contributed by atoms with Crippen LogP contribution in [0.3, 0.4) is 0 Å². The van der Waals surface area contributed by atoms with Gasteiger partial charge in [0.2, 0.25) is 5.43 Å². The van der Waals surface area contributed by atoms with E-state index < -0.39 is 5.97 Å². The van der Waals surface area contributed by atoms with Crippen LogP contribution in [0.15, 0.2) is 29.2 Å². The predicted octanol–water partition coefficient (Wildman–Crippen LogP) is 2.73. The molecule has 0 unspecified atom stereocenters. The van der Waals surface area contributed by atoms with Gasteiger partial charge in [0.05, 0.1) is 24.8 Å². The van der Waals surface area contributed by atoms with Crippen molar-refractivity contribution in [2.24, 2.45) is 0 Å². The van der Waals surface area contributed by atoms with Gasteiger partial charge in [-0.25, -0.2) is 4.79 Å². The molecule has 2 rings (SSSR count). The Morgan fingerprint density at radius 1 is 1.41 bits per heavy atom. The number of carbonyl (C=O) groups excluding carboxylic acids is 1. The molecular weight excluding hydrogens is 397 g/mol. The van der Waals surface area contributed by atoms with Crippen LogP contribution in [0.2, 0.25) is 0 Å². The highest BCUT2D eigenvalue weighted by Crippen LogP contribution is 2.21. The molecule has 0 saturated carbocycles. The molecule has 22 heavy (non-hydrogen) atoms. The van der Waals surface area contributed by atoms with E-state index in [2.05, 4.69) is 22.6 Å². The Bertz CT molecular complexity index is 750. The van der Waals surface area contributed by atoms with Gasteiger partial charge in [0.25, 0.3) is 0 Å². The maximum absolute atomic E-state index is 12.6. The first-order chi connectivity index (χ1) is 10.5. The monoisotopic (exact) mass is 415 g/mol. The molecule has 0 fully saturated rings. The van der Waals surface area contributed by atoms with Crippen molar-refractivity contribution < 1.29 is 14.6 Å². The van der Waals surface area contributed by atoms with Gasteiger partial charge in [-0.05, 0) is 54.1 Å². The number of carbonyl (C=O) groups is 1. The van der Waals surface area contributed by atoms with Crippen LogP contribution < -0.4 is 5.43 Å². The van der Waals surface area contributed by atoms with Crippen molar-refractivity contribution in [2.45, 2.75) is 26.3 Å². The van der Waals surface area contributed by atoms with Crippen molar-refractivity contribution in [3.05, 3.63) is 43.8 Å². The minimum Gasteiger partial charge on any atom is -0.462 e. The number of pyridine rings is 1. The number of benzene rings is 1. The Hall–Kier alpha value is -1.41. The Morgan fingerprint density at radius 3 is 2.73 bits per heavy atom. The largest absolute Gasteiger partial charge is 0.462 e. The molecular formula is C16H18INO4. The zero-order chi connectivity index (χ0) is 16.3. The van der Waals surface area contributed by atoms with E-state index in [0.29, 0.717) is 17.3 Å². The third-order valence-electron chi connectivity index (χ3n) is 3.56. The first-order valence-corrected chi connectivity index (χ1v) is 8.23. The quantitative estimate of drug-likeness (QED) is 0.603. The van der Waals surface area contributed by atoms with Crippen LogP contribution in [0.25, 0.3) is 10.9 Å². The number of nitrogens with zero attached hydrogens (tertiary/aromatic N) is 1. The van der Waals surface area contributed by atoms with Crippen LogP contribution in [-0.2, 0) is 4.74 Å². The standard InChI is InChI=1S/C16H18INO4/c1-3-11(9-19)18-8-13(16(21)22-4-2)15(20)12-7-10(17)5-6-14(12)18/h5-8,11,19H,3-4,9H2,1-2H3/t11-/m1/s1. The minimum atomic E-state index is -0.630. The van der Waals surface area contributed by atoms with Crippen molar-refractivity contribution in [3.8, 4) is 0 Å². The molecule has 1 aromatic heterocycles. The number of aliphatic hydroxyl groups excluding tert-OH is 1. The van der Waals surface area contributed by atoms with E-state index >= 15 is 0 Å². The van der Waals surface area contributed by atoms with E-state index in [1.807, 2.05) is 19.1 Å². The average Bonchev–Trinajstić information content (AvgIpc) is 2.51. The second-order valence-electron chi connectivity index (χ2n) is 4.91. The number of aromatic nitrogens is 1. The maximum atomic E-state index is 12.6. The lowest BCUT2D eigenvalue weighted by atomic mass is 10.1. The summed E-state index contributed by atoms with van der Waals surface area (Å²) in [5.41, 5.74) is 0.374. The van der Waals surface area contributed by atoms with Gasteiger partial charge in [-0.2, -0.15) is 0 Å². The number of ether oxygens (including phenoxy) is 1. The molecule has 1 heterocycles. The highest BCUT2D eigenvalue weighted by atomic mass is 127. The number of esters is 1. The Kier molecular flexibility index (Phi) is 5.57. The summed E-state index contributed by atoms with van der Waals surface area (Å²) in [6, 6.07) is 5.29. The molecule has 1 atom stereocenters.